The Morgan fingerprint density at radius 2 is 2.05 bits per heavy atom. The number of hydrogen-bond donors (Lipinski definition) is 1. The number of benzene rings is 1. The molecule has 0 aliphatic rings. The molecule has 1 N–H and O–H groups in total. The molecule has 1 rings (SSSR count). The lowest BCUT2D eigenvalue weighted by Crippen LogP contribution is -2.36. The minimum absolute atomic E-state index is 0.0701. The third kappa shape index (κ3) is 4.35. The predicted octanol–water partition coefficient (Wildman–Crippen LogP) is 2.51. The summed E-state index contributed by atoms with van der Waals surface area (Å²) in [6.07, 6.45) is 0.872. The summed E-state index contributed by atoms with van der Waals surface area (Å²) >= 11 is 0. The Hall–Kier alpha value is -1.35. The molecular formula is C16H26N2O. The van der Waals surface area contributed by atoms with E-state index in [1.54, 1.807) is 0 Å². The summed E-state index contributed by atoms with van der Waals surface area (Å²) in [5.74, 6) is 0.289. The molecule has 1 aromatic rings. The van der Waals surface area contributed by atoms with Gasteiger partial charge in [0.1, 0.15) is 0 Å². The predicted molar refractivity (Wildman–Crippen MR) is 80.1 cm³/mol. The zero-order chi connectivity index (χ0) is 14.4. The smallest absolute Gasteiger partial charge is 0.226 e. The van der Waals surface area contributed by atoms with Gasteiger partial charge < -0.3 is 10.2 Å². The Morgan fingerprint density at radius 3 is 2.58 bits per heavy atom. The molecule has 0 heterocycles. The summed E-state index contributed by atoms with van der Waals surface area (Å²) in [7, 11) is 3.78. The van der Waals surface area contributed by atoms with Crippen molar-refractivity contribution in [1.29, 1.82) is 0 Å². The maximum Gasteiger partial charge on any atom is 0.226 e. The fourth-order valence-corrected chi connectivity index (χ4v) is 2.32. The Labute approximate surface area is 117 Å². The van der Waals surface area contributed by atoms with Crippen LogP contribution in [0.3, 0.4) is 0 Å². The first-order valence-corrected chi connectivity index (χ1v) is 6.95. The van der Waals surface area contributed by atoms with Gasteiger partial charge in [0, 0.05) is 20.1 Å². The van der Waals surface area contributed by atoms with Gasteiger partial charge in [-0.1, -0.05) is 30.7 Å². The molecule has 0 aromatic heterocycles. The van der Waals surface area contributed by atoms with Crippen molar-refractivity contribution in [3.63, 3.8) is 0 Å². The van der Waals surface area contributed by atoms with Crippen molar-refractivity contribution in [2.45, 2.75) is 33.7 Å². The third-order valence-electron chi connectivity index (χ3n) is 3.57. The fourth-order valence-electron chi connectivity index (χ4n) is 2.32. The standard InChI is InChI=1S/C16H26N2O/c1-6-14(10-17-4)16(19)18(5)11-15-8-7-12(2)9-13(15)3/h7-9,14,17H,6,10-11H2,1-5H3. The second kappa shape index (κ2) is 7.29. The first-order chi connectivity index (χ1) is 8.99. The van der Waals surface area contributed by atoms with Crippen LogP contribution in [0.4, 0.5) is 0 Å². The van der Waals surface area contributed by atoms with Crippen LogP contribution in [0.1, 0.15) is 30.0 Å². The highest BCUT2D eigenvalue weighted by Crippen LogP contribution is 2.14. The molecule has 0 fully saturated rings. The fraction of sp³-hybridized carbons (Fsp3) is 0.562. The Kier molecular flexibility index (Phi) is 6.03. The van der Waals surface area contributed by atoms with Gasteiger partial charge in [0.15, 0.2) is 0 Å². The van der Waals surface area contributed by atoms with Gasteiger partial charge in [0.2, 0.25) is 5.91 Å². The molecule has 0 radical (unpaired) electrons. The Morgan fingerprint density at radius 1 is 1.37 bits per heavy atom. The first kappa shape index (κ1) is 15.7. The van der Waals surface area contributed by atoms with Gasteiger partial charge in [-0.25, -0.2) is 0 Å². The molecule has 19 heavy (non-hydrogen) atoms. The summed E-state index contributed by atoms with van der Waals surface area (Å²) in [6, 6.07) is 6.39. The van der Waals surface area contributed by atoms with Gasteiger partial charge >= 0.3 is 0 Å². The second-order valence-corrected chi connectivity index (χ2v) is 5.29. The van der Waals surface area contributed by atoms with Crippen LogP contribution in [-0.2, 0) is 11.3 Å². The van der Waals surface area contributed by atoms with E-state index < -0.39 is 0 Å². The van der Waals surface area contributed by atoms with E-state index in [-0.39, 0.29) is 11.8 Å². The van der Waals surface area contributed by atoms with Crippen LogP contribution in [0.15, 0.2) is 18.2 Å². The van der Waals surface area contributed by atoms with E-state index in [0.717, 1.165) is 13.0 Å². The SMILES string of the molecule is CCC(CNC)C(=O)N(C)Cc1ccc(C)cc1C. The van der Waals surface area contributed by atoms with Crippen LogP contribution in [0.5, 0.6) is 0 Å². The van der Waals surface area contributed by atoms with Crippen LogP contribution in [0.25, 0.3) is 0 Å². The second-order valence-electron chi connectivity index (χ2n) is 5.29. The van der Waals surface area contributed by atoms with Gasteiger partial charge in [-0.05, 0) is 38.4 Å². The van der Waals surface area contributed by atoms with E-state index in [4.69, 9.17) is 0 Å². The van der Waals surface area contributed by atoms with Crippen LogP contribution >= 0.6 is 0 Å². The van der Waals surface area contributed by atoms with Crippen molar-refractivity contribution in [2.24, 2.45) is 5.92 Å². The Bertz CT molecular complexity index is 429. The summed E-state index contributed by atoms with van der Waals surface area (Å²) in [6.45, 7) is 7.68. The van der Waals surface area contributed by atoms with E-state index in [1.807, 2.05) is 19.0 Å². The molecule has 1 amide bonds. The number of nitrogens with one attached hydrogen (secondary N) is 1. The summed E-state index contributed by atoms with van der Waals surface area (Å²) in [4.78, 5) is 14.2. The number of carbonyl (C=O) groups excluding carboxylic acids is 1. The molecule has 1 unspecified atom stereocenters. The summed E-state index contributed by atoms with van der Waals surface area (Å²) in [5.41, 5.74) is 3.74. The van der Waals surface area contributed by atoms with Gasteiger partial charge in [0.05, 0.1) is 5.92 Å². The molecule has 1 aromatic carbocycles. The molecule has 0 aliphatic carbocycles. The largest absolute Gasteiger partial charge is 0.341 e. The van der Waals surface area contributed by atoms with Gasteiger partial charge in [0.25, 0.3) is 0 Å². The molecule has 0 saturated heterocycles. The van der Waals surface area contributed by atoms with Crippen molar-refractivity contribution in [1.82, 2.24) is 10.2 Å². The van der Waals surface area contributed by atoms with E-state index in [2.05, 4.69) is 44.3 Å². The average Bonchev–Trinajstić information content (AvgIpc) is 2.38. The van der Waals surface area contributed by atoms with Crippen LogP contribution < -0.4 is 5.32 Å². The van der Waals surface area contributed by atoms with Crippen LogP contribution in [-0.4, -0.2) is 31.4 Å². The molecular weight excluding hydrogens is 236 g/mol. The number of nitrogens with zero attached hydrogens (tertiary/aromatic N) is 1. The number of rotatable bonds is 6. The van der Waals surface area contributed by atoms with E-state index in [1.165, 1.54) is 16.7 Å². The number of amides is 1. The van der Waals surface area contributed by atoms with E-state index in [9.17, 15) is 4.79 Å². The molecule has 0 bridgehead atoms. The minimum atomic E-state index is 0.0701. The van der Waals surface area contributed by atoms with Crippen LogP contribution in [0.2, 0.25) is 0 Å². The lowest BCUT2D eigenvalue weighted by atomic mass is 10.0. The highest BCUT2D eigenvalue weighted by Gasteiger charge is 2.19. The summed E-state index contributed by atoms with van der Waals surface area (Å²) < 4.78 is 0. The number of hydrogen-bond acceptors (Lipinski definition) is 2. The quantitative estimate of drug-likeness (QED) is 0.854. The zero-order valence-corrected chi connectivity index (χ0v) is 12.8. The van der Waals surface area contributed by atoms with E-state index >= 15 is 0 Å². The number of aryl methyl sites for hydroxylation is 2. The highest BCUT2D eigenvalue weighted by atomic mass is 16.2. The molecule has 1 atom stereocenters. The van der Waals surface area contributed by atoms with Gasteiger partial charge in [-0.15, -0.1) is 0 Å². The molecule has 3 heteroatoms. The number of carbonyl (C=O) groups is 1. The molecule has 3 nitrogen and oxygen atoms in total. The Balaban J connectivity index is 2.72. The third-order valence-corrected chi connectivity index (χ3v) is 3.57. The summed E-state index contributed by atoms with van der Waals surface area (Å²) in [5, 5.41) is 3.09. The molecule has 0 spiro atoms. The first-order valence-electron chi connectivity index (χ1n) is 6.95. The minimum Gasteiger partial charge on any atom is -0.341 e. The van der Waals surface area contributed by atoms with Crippen molar-refractivity contribution in [3.05, 3.63) is 34.9 Å². The lowest BCUT2D eigenvalue weighted by molar-refractivity contribution is -0.134. The maximum atomic E-state index is 12.3. The van der Waals surface area contributed by atoms with Crippen LogP contribution in [0, 0.1) is 19.8 Å². The topological polar surface area (TPSA) is 32.3 Å². The molecule has 0 aliphatic heterocycles. The normalized spacial score (nSPS) is 12.3. The van der Waals surface area contributed by atoms with Gasteiger partial charge in [-0.3, -0.25) is 4.79 Å². The molecule has 0 saturated carbocycles. The molecule has 106 valence electrons. The zero-order valence-electron chi connectivity index (χ0n) is 12.8. The monoisotopic (exact) mass is 262 g/mol. The van der Waals surface area contributed by atoms with Crippen molar-refractivity contribution < 1.29 is 4.79 Å². The van der Waals surface area contributed by atoms with Crippen molar-refractivity contribution in [3.8, 4) is 0 Å². The van der Waals surface area contributed by atoms with Crippen molar-refractivity contribution in [2.75, 3.05) is 20.6 Å². The lowest BCUT2D eigenvalue weighted by Gasteiger charge is -2.23. The van der Waals surface area contributed by atoms with E-state index in [0.29, 0.717) is 6.54 Å². The van der Waals surface area contributed by atoms with Crippen molar-refractivity contribution >= 4 is 5.91 Å². The van der Waals surface area contributed by atoms with Gasteiger partial charge in [-0.2, -0.15) is 0 Å². The maximum absolute atomic E-state index is 12.3. The highest BCUT2D eigenvalue weighted by molar-refractivity contribution is 5.78. The average molecular weight is 262 g/mol.